The van der Waals surface area contributed by atoms with E-state index >= 15 is 0 Å². The number of piperidine rings is 1. The number of carbonyl (C=O) groups is 1. The molecule has 0 bridgehead atoms. The number of hydrogen-bond acceptors (Lipinski definition) is 5. The third-order valence-electron chi connectivity index (χ3n) is 4.95. The number of ether oxygens (including phenoxy) is 1. The van der Waals surface area contributed by atoms with E-state index in [0.717, 1.165) is 23.9 Å². The Kier molecular flexibility index (Phi) is 5.23. The van der Waals surface area contributed by atoms with Gasteiger partial charge in [0.05, 0.1) is 12.8 Å². The first-order chi connectivity index (χ1) is 13.8. The zero-order valence-electron chi connectivity index (χ0n) is 15.8. The van der Waals surface area contributed by atoms with Crippen molar-refractivity contribution in [1.29, 1.82) is 0 Å². The van der Waals surface area contributed by atoms with Crippen molar-refractivity contribution in [2.24, 2.45) is 0 Å². The first kappa shape index (κ1) is 18.0. The Hall–Kier alpha value is -3.35. The number of urea groups is 1. The van der Waals surface area contributed by atoms with Gasteiger partial charge in [0.2, 0.25) is 5.88 Å². The molecule has 3 heterocycles. The molecule has 1 aromatic carbocycles. The van der Waals surface area contributed by atoms with Gasteiger partial charge in [-0.3, -0.25) is 4.98 Å². The van der Waals surface area contributed by atoms with Crippen LogP contribution in [0.3, 0.4) is 0 Å². The summed E-state index contributed by atoms with van der Waals surface area (Å²) in [5.41, 5.74) is 2.41. The standard InChI is InChI=1S/C21H23N5O2/c1-28-20-18(6-5-10-23-20)25-21(27)24-17-7-8-19(26-12-3-2-4-13-26)15-9-11-22-14-16(15)17/h5-11,14H,2-4,12-13H2,1H3,(H2,24,25,27). The molecule has 2 N–H and O–H groups in total. The molecule has 28 heavy (non-hydrogen) atoms. The van der Waals surface area contributed by atoms with Gasteiger partial charge in [-0.25, -0.2) is 9.78 Å². The number of hydrogen-bond donors (Lipinski definition) is 2. The van der Waals surface area contributed by atoms with Crippen LogP contribution in [-0.4, -0.2) is 36.2 Å². The third-order valence-corrected chi connectivity index (χ3v) is 4.95. The normalized spacial score (nSPS) is 14.0. The number of aromatic nitrogens is 2. The van der Waals surface area contributed by atoms with Crippen LogP contribution in [0.25, 0.3) is 10.8 Å². The molecule has 2 aromatic heterocycles. The van der Waals surface area contributed by atoms with Crippen LogP contribution in [0.1, 0.15) is 19.3 Å². The molecule has 1 saturated heterocycles. The van der Waals surface area contributed by atoms with Crippen molar-refractivity contribution in [2.75, 3.05) is 35.7 Å². The maximum atomic E-state index is 12.5. The predicted octanol–water partition coefficient (Wildman–Crippen LogP) is 4.27. The van der Waals surface area contributed by atoms with Crippen molar-refractivity contribution < 1.29 is 9.53 Å². The van der Waals surface area contributed by atoms with Crippen LogP contribution in [0.2, 0.25) is 0 Å². The molecule has 0 unspecified atom stereocenters. The molecule has 4 rings (SSSR count). The van der Waals surface area contributed by atoms with Crippen LogP contribution in [0.5, 0.6) is 5.88 Å². The SMILES string of the molecule is COc1ncccc1NC(=O)Nc1ccc(N2CCCCC2)c2ccncc12. The average Bonchev–Trinajstić information content (AvgIpc) is 2.75. The quantitative estimate of drug-likeness (QED) is 0.710. The summed E-state index contributed by atoms with van der Waals surface area (Å²) in [6.45, 7) is 2.12. The molecule has 0 spiro atoms. The van der Waals surface area contributed by atoms with Crippen LogP contribution in [0.4, 0.5) is 21.9 Å². The average molecular weight is 377 g/mol. The third kappa shape index (κ3) is 3.69. The molecular weight excluding hydrogens is 354 g/mol. The lowest BCUT2D eigenvalue weighted by Crippen LogP contribution is -2.29. The minimum absolute atomic E-state index is 0.359. The van der Waals surface area contributed by atoms with E-state index in [4.69, 9.17) is 4.74 Å². The van der Waals surface area contributed by atoms with E-state index in [1.807, 2.05) is 12.1 Å². The van der Waals surface area contributed by atoms with E-state index in [1.165, 1.54) is 32.1 Å². The highest BCUT2D eigenvalue weighted by atomic mass is 16.5. The first-order valence-electron chi connectivity index (χ1n) is 9.45. The zero-order chi connectivity index (χ0) is 19.3. The molecule has 0 saturated carbocycles. The summed E-state index contributed by atoms with van der Waals surface area (Å²) in [4.78, 5) is 23.3. The number of fused-ring (bicyclic) bond motifs is 1. The highest BCUT2D eigenvalue weighted by molar-refractivity contribution is 6.09. The Morgan fingerprint density at radius 2 is 1.82 bits per heavy atom. The van der Waals surface area contributed by atoms with Gasteiger partial charge in [-0.1, -0.05) is 0 Å². The van der Waals surface area contributed by atoms with Gasteiger partial charge in [-0.15, -0.1) is 0 Å². The van der Waals surface area contributed by atoms with Gasteiger partial charge < -0.3 is 20.3 Å². The molecule has 0 aliphatic carbocycles. The number of nitrogens with zero attached hydrogens (tertiary/aromatic N) is 3. The lowest BCUT2D eigenvalue weighted by Gasteiger charge is -2.30. The molecule has 0 radical (unpaired) electrons. The van der Waals surface area contributed by atoms with Gasteiger partial charge in [0.15, 0.2) is 0 Å². The highest BCUT2D eigenvalue weighted by Crippen LogP contribution is 2.33. The molecule has 1 aliphatic rings. The molecule has 144 valence electrons. The first-order valence-corrected chi connectivity index (χ1v) is 9.45. The van der Waals surface area contributed by atoms with Crippen molar-refractivity contribution in [1.82, 2.24) is 9.97 Å². The number of rotatable bonds is 4. The monoisotopic (exact) mass is 377 g/mol. The molecule has 2 amide bonds. The van der Waals surface area contributed by atoms with Crippen molar-refractivity contribution in [3.8, 4) is 5.88 Å². The molecule has 1 fully saturated rings. The zero-order valence-corrected chi connectivity index (χ0v) is 15.8. The summed E-state index contributed by atoms with van der Waals surface area (Å²) >= 11 is 0. The van der Waals surface area contributed by atoms with Crippen molar-refractivity contribution in [2.45, 2.75) is 19.3 Å². The second-order valence-corrected chi connectivity index (χ2v) is 6.74. The number of anilines is 3. The summed E-state index contributed by atoms with van der Waals surface area (Å²) in [5, 5.41) is 7.71. The number of pyridine rings is 2. The predicted molar refractivity (Wildman–Crippen MR) is 111 cm³/mol. The number of carbonyl (C=O) groups excluding carboxylic acids is 1. The topological polar surface area (TPSA) is 79.4 Å². The van der Waals surface area contributed by atoms with Crippen LogP contribution in [0, 0.1) is 0 Å². The second kappa shape index (κ2) is 8.12. The number of methoxy groups -OCH3 is 1. The molecule has 3 aromatic rings. The van der Waals surface area contributed by atoms with Crippen molar-refractivity contribution in [3.05, 3.63) is 48.9 Å². The fraction of sp³-hybridized carbons (Fsp3) is 0.286. The number of benzene rings is 1. The van der Waals surface area contributed by atoms with Crippen LogP contribution >= 0.6 is 0 Å². The van der Waals surface area contributed by atoms with Crippen LogP contribution in [0.15, 0.2) is 48.9 Å². The Balaban J connectivity index is 1.60. The maximum Gasteiger partial charge on any atom is 0.323 e. The lowest BCUT2D eigenvalue weighted by atomic mass is 10.1. The van der Waals surface area contributed by atoms with Gasteiger partial charge in [0.1, 0.15) is 5.69 Å². The van der Waals surface area contributed by atoms with Gasteiger partial charge in [0, 0.05) is 48.1 Å². The Morgan fingerprint density at radius 3 is 2.64 bits per heavy atom. The highest BCUT2D eigenvalue weighted by Gasteiger charge is 2.16. The maximum absolute atomic E-state index is 12.5. The van der Waals surface area contributed by atoms with E-state index < -0.39 is 0 Å². The minimum Gasteiger partial charge on any atom is -0.480 e. The molecule has 0 atom stereocenters. The molecular formula is C21H23N5O2. The van der Waals surface area contributed by atoms with Gasteiger partial charge >= 0.3 is 6.03 Å². The van der Waals surface area contributed by atoms with Crippen molar-refractivity contribution in [3.63, 3.8) is 0 Å². The van der Waals surface area contributed by atoms with E-state index in [-0.39, 0.29) is 6.03 Å². The summed E-state index contributed by atoms with van der Waals surface area (Å²) in [7, 11) is 1.52. The smallest absolute Gasteiger partial charge is 0.323 e. The second-order valence-electron chi connectivity index (χ2n) is 6.74. The van der Waals surface area contributed by atoms with E-state index in [1.54, 1.807) is 30.7 Å². The number of nitrogens with one attached hydrogen (secondary N) is 2. The largest absolute Gasteiger partial charge is 0.480 e. The van der Waals surface area contributed by atoms with Gasteiger partial charge in [-0.2, -0.15) is 0 Å². The van der Waals surface area contributed by atoms with E-state index in [0.29, 0.717) is 17.3 Å². The molecule has 7 nitrogen and oxygen atoms in total. The molecule has 1 aliphatic heterocycles. The Labute approximate surface area is 163 Å². The summed E-state index contributed by atoms with van der Waals surface area (Å²) in [5.74, 6) is 0.365. The van der Waals surface area contributed by atoms with Crippen molar-refractivity contribution >= 4 is 33.9 Å². The number of amides is 2. The van der Waals surface area contributed by atoms with Crippen LogP contribution < -0.4 is 20.3 Å². The Morgan fingerprint density at radius 1 is 1.00 bits per heavy atom. The summed E-state index contributed by atoms with van der Waals surface area (Å²) in [6, 6.07) is 9.14. The van der Waals surface area contributed by atoms with Gasteiger partial charge in [0.25, 0.3) is 0 Å². The fourth-order valence-corrected chi connectivity index (χ4v) is 3.62. The lowest BCUT2D eigenvalue weighted by molar-refractivity contribution is 0.262. The fourth-order valence-electron chi connectivity index (χ4n) is 3.62. The van der Waals surface area contributed by atoms with Gasteiger partial charge in [-0.05, 0) is 49.6 Å². The minimum atomic E-state index is -0.359. The molecule has 7 heteroatoms. The van der Waals surface area contributed by atoms with Crippen LogP contribution in [-0.2, 0) is 0 Å². The Bertz CT molecular complexity index is 985. The summed E-state index contributed by atoms with van der Waals surface area (Å²) in [6.07, 6.45) is 8.90. The van der Waals surface area contributed by atoms with E-state index in [2.05, 4.69) is 31.6 Å². The van der Waals surface area contributed by atoms with E-state index in [9.17, 15) is 4.79 Å². The summed E-state index contributed by atoms with van der Waals surface area (Å²) < 4.78 is 5.18.